The first kappa shape index (κ1) is 24.1. The number of thiophene rings is 1. The fourth-order valence-corrected chi connectivity index (χ4v) is 4.61. The zero-order chi connectivity index (χ0) is 21.1. The van der Waals surface area contributed by atoms with Gasteiger partial charge in [0.2, 0.25) is 0 Å². The number of halogens is 2. The molecule has 4 aromatic rings. The Bertz CT molecular complexity index is 1210. The second kappa shape index (κ2) is 10.8. The molecule has 7 heteroatoms. The topological polar surface area (TPSA) is 49.4 Å². The molecule has 150 valence electrons. The molecule has 0 atom stereocenters. The minimum atomic E-state index is -1.30. The molecule has 0 N–H and O–H groups in total. The number of rotatable bonds is 6. The molecule has 0 unspecified atom stereocenters. The quantitative estimate of drug-likeness (QED) is 0.365. The van der Waals surface area contributed by atoms with Crippen molar-refractivity contribution in [1.29, 1.82) is 0 Å². The fraction of sp³-hybridized carbons (Fsp3) is 0.0417. The molecule has 0 amide bonds. The van der Waals surface area contributed by atoms with Gasteiger partial charge in [-0.25, -0.2) is 0 Å². The van der Waals surface area contributed by atoms with Gasteiger partial charge in [0.1, 0.15) is 12.4 Å². The molecule has 4 rings (SSSR count). The number of aromatic carboxylic acids is 1. The number of ether oxygens (including phenoxy) is 1. The van der Waals surface area contributed by atoms with Crippen molar-refractivity contribution in [2.24, 2.45) is 0 Å². The van der Waals surface area contributed by atoms with Gasteiger partial charge in [-0.1, -0.05) is 63.9 Å². The van der Waals surface area contributed by atoms with E-state index >= 15 is 0 Å². The molecule has 0 saturated heterocycles. The zero-order valence-electron chi connectivity index (χ0n) is 16.6. The summed E-state index contributed by atoms with van der Waals surface area (Å²) in [4.78, 5) is 12.3. The van der Waals surface area contributed by atoms with Crippen LogP contribution in [0.5, 0.6) is 5.75 Å². The first-order valence-corrected chi connectivity index (χ1v) is 11.1. The molecule has 0 aliphatic rings. The Kier molecular flexibility index (Phi) is 8.39. The van der Waals surface area contributed by atoms with Crippen LogP contribution >= 0.6 is 38.9 Å². The summed E-state index contributed by atoms with van der Waals surface area (Å²) >= 11 is 11.1. The molecule has 0 aliphatic heterocycles. The number of benzene rings is 3. The van der Waals surface area contributed by atoms with E-state index in [0.29, 0.717) is 6.61 Å². The van der Waals surface area contributed by atoms with Crippen molar-refractivity contribution < 1.29 is 44.2 Å². The van der Waals surface area contributed by atoms with Gasteiger partial charge in [0, 0.05) is 31.1 Å². The minimum Gasteiger partial charge on any atom is -0.545 e. The summed E-state index contributed by atoms with van der Waals surface area (Å²) in [5, 5.41) is 13.5. The van der Waals surface area contributed by atoms with Crippen LogP contribution in [0, 0.1) is 0 Å². The van der Waals surface area contributed by atoms with Gasteiger partial charge in [-0.05, 0) is 52.9 Å². The second-order valence-electron chi connectivity index (χ2n) is 6.56. The number of hydrogen-bond donors (Lipinski definition) is 0. The first-order valence-electron chi connectivity index (χ1n) is 9.08. The molecule has 0 aliphatic carbocycles. The van der Waals surface area contributed by atoms with E-state index in [0.717, 1.165) is 37.4 Å². The summed E-state index contributed by atoms with van der Waals surface area (Å²) in [5.41, 5.74) is 3.69. The van der Waals surface area contributed by atoms with E-state index in [1.165, 1.54) is 11.3 Å². The predicted octanol–water partition coefficient (Wildman–Crippen LogP) is 3.44. The summed E-state index contributed by atoms with van der Waals surface area (Å²) in [5.74, 6) is -0.551. The zero-order valence-corrected chi connectivity index (χ0v) is 21.8. The number of hydrogen-bond acceptors (Lipinski definition) is 4. The minimum absolute atomic E-state index is 0. The van der Waals surface area contributed by atoms with E-state index in [4.69, 9.17) is 16.3 Å². The van der Waals surface area contributed by atoms with Gasteiger partial charge >= 0.3 is 29.6 Å². The van der Waals surface area contributed by atoms with E-state index < -0.39 is 5.97 Å². The van der Waals surface area contributed by atoms with Crippen LogP contribution in [0.15, 0.2) is 82.6 Å². The van der Waals surface area contributed by atoms with Gasteiger partial charge in [0.25, 0.3) is 0 Å². The van der Waals surface area contributed by atoms with Gasteiger partial charge in [0.15, 0.2) is 0 Å². The van der Waals surface area contributed by atoms with Crippen molar-refractivity contribution >= 4 is 44.8 Å². The van der Waals surface area contributed by atoms with Crippen LogP contribution in [0.2, 0.25) is 5.02 Å². The molecule has 31 heavy (non-hydrogen) atoms. The Labute approximate surface area is 220 Å². The summed E-state index contributed by atoms with van der Waals surface area (Å²) in [6, 6.07) is 22.8. The molecule has 0 fully saturated rings. The van der Waals surface area contributed by atoms with Crippen LogP contribution in [0.3, 0.4) is 0 Å². The smallest absolute Gasteiger partial charge is 0.545 e. The average Bonchev–Trinajstić information content (AvgIpc) is 3.23. The summed E-state index contributed by atoms with van der Waals surface area (Å²) in [6.07, 6.45) is 0. The van der Waals surface area contributed by atoms with Gasteiger partial charge in [-0.2, -0.15) is 0 Å². The Morgan fingerprint density at radius 3 is 2.52 bits per heavy atom. The number of carbonyl (C=O) groups is 1. The number of carboxylic acid groups (broad SMARTS) is 1. The Morgan fingerprint density at radius 2 is 1.77 bits per heavy atom. The molecular formula is C24H15BrClNaO3S. The molecule has 3 nitrogen and oxygen atoms in total. The van der Waals surface area contributed by atoms with Crippen LogP contribution in [0.4, 0.5) is 0 Å². The maximum Gasteiger partial charge on any atom is 1.00 e. The Hall–Kier alpha value is -1.60. The van der Waals surface area contributed by atoms with Crippen LogP contribution in [-0.2, 0) is 6.61 Å². The SMILES string of the molecule is O=C([O-])c1cc(-c2sccc2-c2cc(Br)ccc2OCc2ccccc2)ccc1Cl.[Na+]. The maximum absolute atomic E-state index is 11.4. The number of carbonyl (C=O) groups excluding carboxylic acids is 1. The number of carboxylic acids is 1. The van der Waals surface area contributed by atoms with Crippen LogP contribution in [-0.4, -0.2) is 5.97 Å². The van der Waals surface area contributed by atoms with Crippen molar-refractivity contribution in [2.75, 3.05) is 0 Å². The molecule has 0 radical (unpaired) electrons. The standard InChI is InChI=1S/C24H16BrClO3S.Na/c25-17-7-9-22(29-14-15-4-2-1-3-5-15)19(13-17)18-10-11-30-23(18)16-6-8-21(26)20(12-16)24(27)28;/h1-13H,14H2,(H,27,28);/q;+1/p-1. The van der Waals surface area contributed by atoms with Gasteiger partial charge in [0.05, 0.1) is 5.97 Å². The third-order valence-electron chi connectivity index (χ3n) is 4.58. The predicted molar refractivity (Wildman–Crippen MR) is 123 cm³/mol. The average molecular weight is 522 g/mol. The third-order valence-corrected chi connectivity index (χ3v) is 6.37. The van der Waals surface area contributed by atoms with Crippen molar-refractivity contribution in [1.82, 2.24) is 0 Å². The van der Waals surface area contributed by atoms with E-state index in [2.05, 4.69) is 15.9 Å². The molecule has 0 spiro atoms. The molecule has 1 aromatic heterocycles. The van der Waals surface area contributed by atoms with E-state index in [9.17, 15) is 9.90 Å². The summed E-state index contributed by atoms with van der Waals surface area (Å²) < 4.78 is 7.06. The van der Waals surface area contributed by atoms with Gasteiger partial charge in [-0.3, -0.25) is 0 Å². The van der Waals surface area contributed by atoms with Crippen molar-refractivity contribution in [3.05, 3.63) is 98.8 Å². The second-order valence-corrected chi connectivity index (χ2v) is 8.80. The molecule has 0 saturated carbocycles. The molecule has 3 aromatic carbocycles. The Balaban J connectivity index is 0.00000272. The molecule has 0 bridgehead atoms. The summed E-state index contributed by atoms with van der Waals surface area (Å²) in [7, 11) is 0. The fourth-order valence-electron chi connectivity index (χ4n) is 3.14. The normalized spacial score (nSPS) is 10.4. The third kappa shape index (κ3) is 5.61. The van der Waals surface area contributed by atoms with E-state index in [1.54, 1.807) is 12.1 Å². The van der Waals surface area contributed by atoms with Crippen molar-refractivity contribution in [3.63, 3.8) is 0 Å². The van der Waals surface area contributed by atoms with Gasteiger partial charge in [-0.15, -0.1) is 11.3 Å². The maximum atomic E-state index is 11.4. The Morgan fingerprint density at radius 1 is 1.00 bits per heavy atom. The summed E-state index contributed by atoms with van der Waals surface area (Å²) in [6.45, 7) is 0.449. The van der Waals surface area contributed by atoms with Crippen LogP contribution in [0.1, 0.15) is 15.9 Å². The molecular weight excluding hydrogens is 507 g/mol. The molecule has 1 heterocycles. The van der Waals surface area contributed by atoms with Crippen LogP contribution < -0.4 is 39.4 Å². The monoisotopic (exact) mass is 520 g/mol. The van der Waals surface area contributed by atoms with Gasteiger partial charge < -0.3 is 14.6 Å². The van der Waals surface area contributed by atoms with Crippen molar-refractivity contribution in [2.45, 2.75) is 6.61 Å². The van der Waals surface area contributed by atoms with Crippen molar-refractivity contribution in [3.8, 4) is 27.3 Å². The van der Waals surface area contributed by atoms with E-state index in [-0.39, 0.29) is 40.1 Å². The first-order chi connectivity index (χ1) is 14.5. The van der Waals surface area contributed by atoms with E-state index in [1.807, 2.05) is 66.0 Å². The largest absolute Gasteiger partial charge is 1.00 e. The van der Waals surface area contributed by atoms with Crippen LogP contribution in [0.25, 0.3) is 21.6 Å².